The molecular weight excluding hydrogens is 402 g/mol. The molecule has 1 atom stereocenters. The van der Waals surface area contributed by atoms with Crippen molar-refractivity contribution in [1.82, 2.24) is 30.6 Å². The zero-order valence-corrected chi connectivity index (χ0v) is 17.9. The summed E-state index contributed by atoms with van der Waals surface area (Å²) >= 11 is 1.45. The number of pyridine rings is 1. The molecule has 0 spiro atoms. The van der Waals surface area contributed by atoms with Crippen LogP contribution in [0.3, 0.4) is 0 Å². The summed E-state index contributed by atoms with van der Waals surface area (Å²) < 4.78 is 5.43. The van der Waals surface area contributed by atoms with E-state index in [2.05, 4.69) is 36.0 Å². The summed E-state index contributed by atoms with van der Waals surface area (Å²) in [6, 6.07) is 2.80. The molecule has 0 bridgehead atoms. The summed E-state index contributed by atoms with van der Waals surface area (Å²) in [5.74, 6) is 1.32. The Morgan fingerprint density at radius 1 is 1.17 bits per heavy atom. The lowest BCUT2D eigenvalue weighted by atomic mass is 9.90. The number of hydrogen-bond donors (Lipinski definition) is 2. The minimum atomic E-state index is -0.432. The van der Waals surface area contributed by atoms with Crippen LogP contribution in [0, 0.1) is 5.92 Å². The molecule has 1 saturated carbocycles. The van der Waals surface area contributed by atoms with Crippen molar-refractivity contribution in [2.75, 3.05) is 5.32 Å². The van der Waals surface area contributed by atoms with Crippen LogP contribution in [0.4, 0.5) is 9.93 Å². The molecule has 1 unspecified atom stereocenters. The number of aromatic nitrogens is 5. The van der Waals surface area contributed by atoms with Crippen molar-refractivity contribution in [3.8, 4) is 11.4 Å². The zero-order chi connectivity index (χ0) is 20.9. The Kier molecular flexibility index (Phi) is 6.32. The van der Waals surface area contributed by atoms with Crippen LogP contribution in [0.1, 0.15) is 68.8 Å². The van der Waals surface area contributed by atoms with Crippen LogP contribution in [0.25, 0.3) is 11.4 Å². The van der Waals surface area contributed by atoms with Crippen LogP contribution < -0.4 is 10.6 Å². The van der Waals surface area contributed by atoms with Crippen LogP contribution in [-0.2, 0) is 0 Å². The molecule has 0 saturated heterocycles. The normalized spacial score (nSPS) is 15.8. The van der Waals surface area contributed by atoms with Gasteiger partial charge in [-0.3, -0.25) is 10.3 Å². The second-order valence-corrected chi connectivity index (χ2v) is 8.80. The highest BCUT2D eigenvalue weighted by molar-refractivity contribution is 7.15. The third kappa shape index (κ3) is 4.81. The van der Waals surface area contributed by atoms with Gasteiger partial charge in [0.05, 0.1) is 0 Å². The molecule has 3 aromatic heterocycles. The largest absolute Gasteiger partial charge is 0.337 e. The van der Waals surface area contributed by atoms with Crippen molar-refractivity contribution in [3.05, 3.63) is 35.4 Å². The molecule has 30 heavy (non-hydrogen) atoms. The first-order chi connectivity index (χ1) is 14.6. The van der Waals surface area contributed by atoms with E-state index < -0.39 is 6.04 Å². The van der Waals surface area contributed by atoms with Gasteiger partial charge < -0.3 is 9.84 Å². The van der Waals surface area contributed by atoms with E-state index in [1.165, 1.54) is 30.6 Å². The Morgan fingerprint density at radius 2 is 1.93 bits per heavy atom. The molecular formula is C20H25N7O2S. The summed E-state index contributed by atoms with van der Waals surface area (Å²) in [5, 5.41) is 19.7. The van der Waals surface area contributed by atoms with Crippen LogP contribution in [0.15, 0.2) is 29.0 Å². The zero-order valence-electron chi connectivity index (χ0n) is 17.0. The van der Waals surface area contributed by atoms with Crippen molar-refractivity contribution in [3.63, 3.8) is 0 Å². The minimum Gasteiger partial charge on any atom is -0.337 e. The lowest BCUT2D eigenvalue weighted by Gasteiger charge is -2.18. The fraction of sp³-hybridized carbons (Fsp3) is 0.500. The van der Waals surface area contributed by atoms with E-state index in [4.69, 9.17) is 4.52 Å². The van der Waals surface area contributed by atoms with Crippen molar-refractivity contribution in [2.24, 2.45) is 5.92 Å². The number of carbonyl (C=O) groups is 1. The molecule has 1 fully saturated rings. The molecule has 3 aromatic rings. The third-order valence-corrected chi connectivity index (χ3v) is 6.22. The number of hydrogen-bond acceptors (Lipinski definition) is 8. The average molecular weight is 428 g/mol. The van der Waals surface area contributed by atoms with Gasteiger partial charge in [0.25, 0.3) is 0 Å². The molecule has 2 N–H and O–H groups in total. The van der Waals surface area contributed by atoms with Gasteiger partial charge in [-0.25, -0.2) is 4.79 Å². The van der Waals surface area contributed by atoms with Gasteiger partial charge in [-0.1, -0.05) is 49.6 Å². The fourth-order valence-corrected chi connectivity index (χ4v) is 4.47. The Balaban J connectivity index is 1.40. The van der Waals surface area contributed by atoms with Crippen molar-refractivity contribution in [2.45, 2.75) is 57.9 Å². The Hall–Kier alpha value is -2.88. The predicted molar refractivity (Wildman–Crippen MR) is 113 cm³/mol. The van der Waals surface area contributed by atoms with Crippen molar-refractivity contribution in [1.29, 1.82) is 0 Å². The molecule has 1 aliphatic rings. The lowest BCUT2D eigenvalue weighted by Crippen LogP contribution is -2.35. The highest BCUT2D eigenvalue weighted by Crippen LogP contribution is 2.35. The number of nitrogens with zero attached hydrogens (tertiary/aromatic N) is 5. The topological polar surface area (TPSA) is 119 Å². The second kappa shape index (κ2) is 9.29. The van der Waals surface area contributed by atoms with Crippen LogP contribution >= 0.6 is 11.3 Å². The van der Waals surface area contributed by atoms with Crippen LogP contribution in [0.5, 0.6) is 0 Å². The van der Waals surface area contributed by atoms with Gasteiger partial charge in [0.2, 0.25) is 16.8 Å². The first-order valence-corrected chi connectivity index (χ1v) is 11.1. The highest BCUT2D eigenvalue weighted by Gasteiger charge is 2.26. The van der Waals surface area contributed by atoms with E-state index in [0.29, 0.717) is 22.8 Å². The van der Waals surface area contributed by atoms with Crippen molar-refractivity contribution < 1.29 is 9.32 Å². The van der Waals surface area contributed by atoms with E-state index in [-0.39, 0.29) is 11.9 Å². The van der Waals surface area contributed by atoms with E-state index in [0.717, 1.165) is 23.4 Å². The smallest absolute Gasteiger partial charge is 0.321 e. The van der Waals surface area contributed by atoms with Crippen molar-refractivity contribution >= 4 is 22.5 Å². The van der Waals surface area contributed by atoms with E-state index in [9.17, 15) is 4.79 Å². The Bertz CT molecular complexity index is 966. The fourth-order valence-electron chi connectivity index (χ4n) is 3.57. The summed E-state index contributed by atoms with van der Waals surface area (Å²) in [5.41, 5.74) is 0.802. The molecule has 3 heterocycles. The maximum absolute atomic E-state index is 12.6. The SMILES string of the molecule is CC(C)C(NC(=O)Nc1nnc(C2CCCCC2)s1)c1nc(-c2ccncc2)no1. The Morgan fingerprint density at radius 3 is 2.67 bits per heavy atom. The maximum atomic E-state index is 12.6. The minimum absolute atomic E-state index is 0.0497. The van der Waals surface area contributed by atoms with Gasteiger partial charge in [0.15, 0.2) is 0 Å². The van der Waals surface area contributed by atoms with Crippen LogP contribution in [0.2, 0.25) is 0 Å². The van der Waals surface area contributed by atoms with Gasteiger partial charge in [-0.05, 0) is 30.9 Å². The first kappa shape index (κ1) is 20.4. The van der Waals surface area contributed by atoms with Gasteiger partial charge >= 0.3 is 6.03 Å². The number of carbonyl (C=O) groups excluding carboxylic acids is 1. The monoisotopic (exact) mass is 427 g/mol. The number of nitrogens with one attached hydrogen (secondary N) is 2. The molecule has 9 nitrogen and oxygen atoms in total. The van der Waals surface area contributed by atoms with Gasteiger partial charge in [-0.15, -0.1) is 10.2 Å². The molecule has 4 rings (SSSR count). The highest BCUT2D eigenvalue weighted by atomic mass is 32.1. The van der Waals surface area contributed by atoms with Crippen LogP contribution in [-0.4, -0.2) is 31.4 Å². The van der Waals surface area contributed by atoms with Gasteiger partial charge in [0, 0.05) is 23.9 Å². The summed E-state index contributed by atoms with van der Waals surface area (Å²) in [6.07, 6.45) is 9.38. The number of urea groups is 1. The molecule has 1 aliphatic carbocycles. The van der Waals surface area contributed by atoms with E-state index >= 15 is 0 Å². The quantitative estimate of drug-likeness (QED) is 0.592. The number of anilines is 1. The summed E-state index contributed by atoms with van der Waals surface area (Å²) in [4.78, 5) is 21.0. The second-order valence-electron chi connectivity index (χ2n) is 7.79. The Labute approximate surface area is 178 Å². The van der Waals surface area contributed by atoms with E-state index in [1.54, 1.807) is 24.5 Å². The number of amides is 2. The maximum Gasteiger partial charge on any atom is 0.321 e. The molecule has 0 radical (unpaired) electrons. The van der Waals surface area contributed by atoms with E-state index in [1.807, 2.05) is 13.8 Å². The van der Waals surface area contributed by atoms with Gasteiger partial charge in [0.1, 0.15) is 11.0 Å². The van der Waals surface area contributed by atoms with Gasteiger partial charge in [-0.2, -0.15) is 4.98 Å². The molecule has 2 amide bonds. The standard InChI is InChI=1S/C20H25N7O2S/c1-12(2)15(17-23-16(27-29-17)13-8-10-21-11-9-13)22-19(28)24-20-26-25-18(30-20)14-6-4-3-5-7-14/h8-12,14-15H,3-7H2,1-2H3,(H2,22,24,26,28). The lowest BCUT2D eigenvalue weighted by molar-refractivity contribution is 0.236. The third-order valence-electron chi connectivity index (χ3n) is 5.22. The molecule has 158 valence electrons. The summed E-state index contributed by atoms with van der Waals surface area (Å²) in [7, 11) is 0. The molecule has 10 heteroatoms. The first-order valence-electron chi connectivity index (χ1n) is 10.2. The molecule has 0 aromatic carbocycles. The average Bonchev–Trinajstić information content (AvgIpc) is 3.43. The summed E-state index contributed by atoms with van der Waals surface area (Å²) in [6.45, 7) is 3.96. The number of rotatable bonds is 6. The predicted octanol–water partition coefficient (Wildman–Crippen LogP) is 4.55. The molecule has 0 aliphatic heterocycles.